The molecule has 0 saturated carbocycles. The Bertz CT molecular complexity index is 1340. The van der Waals surface area contributed by atoms with Crippen LogP contribution in [0.15, 0.2) is 48.6 Å². The minimum absolute atomic E-state index is 0.159. The van der Waals surface area contributed by atoms with Crippen LogP contribution >= 0.6 is 0 Å². The maximum Gasteiger partial charge on any atom is 0.306 e. The van der Waals surface area contributed by atoms with Gasteiger partial charge in [0, 0.05) is 12.8 Å². The van der Waals surface area contributed by atoms with Crippen LogP contribution in [0.2, 0.25) is 0 Å². The van der Waals surface area contributed by atoms with Crippen LogP contribution in [-0.4, -0.2) is 142 Å². The fraction of sp³-hybridized carbons (Fsp3) is 0.804. The zero-order valence-electron chi connectivity index (χ0n) is 40.2. The zero-order valence-corrected chi connectivity index (χ0v) is 40.2. The highest BCUT2D eigenvalue weighted by Crippen LogP contribution is 2.26. The minimum Gasteiger partial charge on any atom is -0.462 e. The largest absolute Gasteiger partial charge is 0.462 e. The fourth-order valence-corrected chi connectivity index (χ4v) is 7.68. The van der Waals surface area contributed by atoms with Crippen molar-refractivity contribution < 1.29 is 73.8 Å². The molecule has 0 aromatic rings. The Hall–Kier alpha value is -2.54. The lowest BCUT2D eigenvalue weighted by Gasteiger charge is -2.42. The second kappa shape index (κ2) is 38.3. The van der Waals surface area contributed by atoms with Gasteiger partial charge in [-0.05, 0) is 51.4 Å². The third kappa shape index (κ3) is 26.3. The molecule has 0 bridgehead atoms. The molecule has 0 aromatic carbocycles. The lowest BCUT2D eigenvalue weighted by Crippen LogP contribution is -2.61. The number of hydrogen-bond acceptors (Lipinski definition) is 15. The molecule has 0 spiro atoms. The summed E-state index contributed by atoms with van der Waals surface area (Å²) in [7, 11) is 0. The Morgan fingerprint density at radius 3 is 1.50 bits per heavy atom. The predicted molar refractivity (Wildman–Crippen MR) is 252 cm³/mol. The molecule has 2 aliphatic heterocycles. The first-order valence-corrected chi connectivity index (χ1v) is 25.2. The minimum atomic E-state index is -1.76. The van der Waals surface area contributed by atoms with E-state index < -0.39 is 92.7 Å². The number of rotatable bonds is 38. The monoisotopic (exact) mass is 941 g/mol. The summed E-state index contributed by atoms with van der Waals surface area (Å²) in [6.45, 7) is 2.41. The number of ether oxygens (including phenoxy) is 6. The van der Waals surface area contributed by atoms with E-state index in [9.17, 15) is 45.3 Å². The van der Waals surface area contributed by atoms with Gasteiger partial charge in [-0.2, -0.15) is 0 Å². The van der Waals surface area contributed by atoms with Gasteiger partial charge in [-0.25, -0.2) is 0 Å². The molecule has 11 unspecified atom stereocenters. The van der Waals surface area contributed by atoms with Gasteiger partial charge in [0.2, 0.25) is 0 Å². The molecule has 15 heteroatoms. The van der Waals surface area contributed by atoms with E-state index in [4.69, 9.17) is 28.4 Å². The van der Waals surface area contributed by atoms with Gasteiger partial charge < -0.3 is 64.2 Å². The SMILES string of the molecule is CC/C=C\C/C=C\C/C=C\C/C=C\CCCCCCCCCCCCC(=O)OC(COC(=O)CCCCCCCCC)COC1OC(COC2OC(CO)C(O)C(O)C2O)C(O)C(O)C1O. The second-order valence-electron chi connectivity index (χ2n) is 17.6. The van der Waals surface area contributed by atoms with Crippen LogP contribution in [0.5, 0.6) is 0 Å². The Labute approximate surface area is 395 Å². The molecule has 2 saturated heterocycles. The molecule has 0 radical (unpaired) electrons. The summed E-state index contributed by atoms with van der Waals surface area (Å²) in [5, 5.41) is 71.9. The smallest absolute Gasteiger partial charge is 0.306 e. The molecule has 11 atom stereocenters. The van der Waals surface area contributed by atoms with Crippen molar-refractivity contribution in [3.8, 4) is 0 Å². The number of aliphatic hydroxyl groups is 7. The number of hydrogen-bond donors (Lipinski definition) is 7. The summed E-state index contributed by atoms with van der Waals surface area (Å²) in [6.07, 6.45) is 24.6. The van der Waals surface area contributed by atoms with Crippen LogP contribution in [0, 0.1) is 0 Å². The first kappa shape index (κ1) is 59.6. The van der Waals surface area contributed by atoms with Crippen molar-refractivity contribution in [2.75, 3.05) is 26.4 Å². The molecule has 2 heterocycles. The summed E-state index contributed by atoms with van der Waals surface area (Å²) < 4.78 is 33.4. The maximum atomic E-state index is 13.0. The molecular formula is C51H88O15. The van der Waals surface area contributed by atoms with Crippen molar-refractivity contribution in [3.63, 3.8) is 0 Å². The van der Waals surface area contributed by atoms with Crippen molar-refractivity contribution in [2.24, 2.45) is 0 Å². The quantitative estimate of drug-likeness (QED) is 0.0194. The van der Waals surface area contributed by atoms with E-state index >= 15 is 0 Å². The van der Waals surface area contributed by atoms with Crippen LogP contribution in [-0.2, 0) is 38.0 Å². The van der Waals surface area contributed by atoms with E-state index in [1.807, 2.05) is 0 Å². The van der Waals surface area contributed by atoms with Crippen LogP contribution in [0.4, 0.5) is 0 Å². The van der Waals surface area contributed by atoms with E-state index in [0.29, 0.717) is 12.8 Å². The summed E-state index contributed by atoms with van der Waals surface area (Å²) in [6, 6.07) is 0. The molecule has 0 aliphatic carbocycles. The Balaban J connectivity index is 1.73. The molecule has 0 amide bonds. The Kier molecular flexibility index (Phi) is 34.6. The summed E-state index contributed by atoms with van der Waals surface area (Å²) in [4.78, 5) is 25.6. The van der Waals surface area contributed by atoms with Gasteiger partial charge in [0.05, 0.1) is 19.8 Å². The van der Waals surface area contributed by atoms with E-state index in [0.717, 1.165) is 83.5 Å². The first-order chi connectivity index (χ1) is 32.0. The zero-order chi connectivity index (χ0) is 48.2. The number of carbonyl (C=O) groups is 2. The van der Waals surface area contributed by atoms with Gasteiger partial charge >= 0.3 is 11.9 Å². The Morgan fingerprint density at radius 2 is 0.955 bits per heavy atom. The molecule has 7 N–H and O–H groups in total. The molecule has 66 heavy (non-hydrogen) atoms. The van der Waals surface area contributed by atoms with Crippen molar-refractivity contribution in [3.05, 3.63) is 48.6 Å². The number of esters is 2. The van der Waals surface area contributed by atoms with Gasteiger partial charge in [-0.1, -0.05) is 152 Å². The first-order valence-electron chi connectivity index (χ1n) is 25.2. The van der Waals surface area contributed by atoms with E-state index in [1.54, 1.807) is 0 Å². The highest BCUT2D eigenvalue weighted by atomic mass is 16.7. The van der Waals surface area contributed by atoms with Crippen LogP contribution in [0.25, 0.3) is 0 Å². The summed E-state index contributed by atoms with van der Waals surface area (Å²) in [5.41, 5.74) is 0. The fourth-order valence-electron chi connectivity index (χ4n) is 7.68. The molecule has 15 nitrogen and oxygen atoms in total. The number of unbranched alkanes of at least 4 members (excludes halogenated alkanes) is 16. The molecule has 2 aliphatic rings. The third-order valence-corrected chi connectivity index (χ3v) is 11.8. The number of allylic oxidation sites excluding steroid dienone is 8. The number of carbonyl (C=O) groups excluding carboxylic acids is 2. The summed E-state index contributed by atoms with van der Waals surface area (Å²) >= 11 is 0. The van der Waals surface area contributed by atoms with Gasteiger partial charge in [0.15, 0.2) is 18.7 Å². The molecular weight excluding hydrogens is 853 g/mol. The molecule has 2 fully saturated rings. The summed E-state index contributed by atoms with van der Waals surface area (Å²) in [5.74, 6) is -0.937. The lowest BCUT2D eigenvalue weighted by atomic mass is 9.98. The van der Waals surface area contributed by atoms with Gasteiger partial charge in [-0.15, -0.1) is 0 Å². The van der Waals surface area contributed by atoms with Crippen molar-refractivity contribution >= 4 is 11.9 Å². The van der Waals surface area contributed by atoms with Gasteiger partial charge in [0.1, 0.15) is 55.4 Å². The van der Waals surface area contributed by atoms with E-state index in [-0.39, 0.29) is 26.1 Å². The van der Waals surface area contributed by atoms with Gasteiger partial charge in [0.25, 0.3) is 0 Å². The average Bonchev–Trinajstić information content (AvgIpc) is 3.31. The third-order valence-electron chi connectivity index (χ3n) is 11.8. The maximum absolute atomic E-state index is 13.0. The van der Waals surface area contributed by atoms with Crippen molar-refractivity contribution in [2.45, 2.75) is 235 Å². The predicted octanol–water partition coefficient (Wildman–Crippen LogP) is 6.71. The number of aliphatic hydroxyl groups excluding tert-OH is 7. The topological polar surface area (TPSA) is 231 Å². The normalized spacial score (nSPS) is 26.6. The second-order valence-corrected chi connectivity index (χ2v) is 17.6. The van der Waals surface area contributed by atoms with Crippen LogP contribution in [0.3, 0.4) is 0 Å². The highest BCUT2D eigenvalue weighted by molar-refractivity contribution is 5.70. The van der Waals surface area contributed by atoms with E-state index in [1.165, 1.54) is 44.9 Å². The standard InChI is InChI=1S/C51H88O15/c1-3-5-7-9-11-12-13-14-15-16-17-18-19-20-21-22-23-24-25-26-28-30-32-34-43(54)64-39(36-61-42(53)33-31-29-27-10-8-6-4-2)37-62-50-49(60)47(58)45(56)41(66-50)38-63-51-48(59)46(57)44(55)40(35-52)65-51/h5,7,11-12,14-15,17-18,39-41,44-52,55-60H,3-4,6,8-10,13,16,19-38H2,1-2H3/b7-5-,12-11-,15-14-,18-17-. The average molecular weight is 941 g/mol. The van der Waals surface area contributed by atoms with Crippen molar-refractivity contribution in [1.29, 1.82) is 0 Å². The Morgan fingerprint density at radius 1 is 0.500 bits per heavy atom. The van der Waals surface area contributed by atoms with E-state index in [2.05, 4.69) is 62.5 Å². The van der Waals surface area contributed by atoms with Crippen LogP contribution in [0.1, 0.15) is 168 Å². The van der Waals surface area contributed by atoms with Crippen molar-refractivity contribution in [1.82, 2.24) is 0 Å². The molecule has 0 aromatic heterocycles. The van der Waals surface area contributed by atoms with Gasteiger partial charge in [-0.3, -0.25) is 9.59 Å². The van der Waals surface area contributed by atoms with Crippen LogP contribution < -0.4 is 0 Å². The lowest BCUT2D eigenvalue weighted by molar-refractivity contribution is -0.332. The molecule has 2 rings (SSSR count). The highest BCUT2D eigenvalue weighted by Gasteiger charge is 2.47. The molecule has 382 valence electrons.